The zero-order valence-electron chi connectivity index (χ0n) is 12.6. The molecule has 2 rings (SSSR count). The van der Waals surface area contributed by atoms with Crippen LogP contribution in [0.15, 0.2) is 30.3 Å². The van der Waals surface area contributed by atoms with Crippen LogP contribution in [-0.2, 0) is 6.54 Å². The average molecular weight is 287 g/mol. The fourth-order valence-electron chi connectivity index (χ4n) is 2.20. The molecular weight excluding hydrogens is 266 g/mol. The lowest BCUT2D eigenvalue weighted by Crippen LogP contribution is -2.03. The van der Waals surface area contributed by atoms with Crippen LogP contribution in [0.2, 0.25) is 0 Å². The minimum atomic E-state index is 0.154. The molecular formula is C17H21NO3. The highest BCUT2D eigenvalue weighted by Crippen LogP contribution is 2.32. The maximum atomic E-state index is 10.2. The number of nitrogens with one attached hydrogen (secondary N) is 1. The highest BCUT2D eigenvalue weighted by Gasteiger charge is 2.09. The number of anilines is 1. The molecule has 0 fully saturated rings. The highest BCUT2D eigenvalue weighted by molar-refractivity contribution is 5.59. The monoisotopic (exact) mass is 287 g/mol. The van der Waals surface area contributed by atoms with Gasteiger partial charge in [0.2, 0.25) is 0 Å². The van der Waals surface area contributed by atoms with Gasteiger partial charge in [0.25, 0.3) is 0 Å². The van der Waals surface area contributed by atoms with Crippen molar-refractivity contribution in [2.75, 3.05) is 11.9 Å². The first-order valence-electron chi connectivity index (χ1n) is 7.01. The van der Waals surface area contributed by atoms with Crippen LogP contribution < -0.4 is 10.1 Å². The second-order valence-electron chi connectivity index (χ2n) is 4.95. The van der Waals surface area contributed by atoms with Crippen LogP contribution in [0.3, 0.4) is 0 Å². The van der Waals surface area contributed by atoms with Gasteiger partial charge in [-0.25, -0.2) is 0 Å². The summed E-state index contributed by atoms with van der Waals surface area (Å²) < 4.78 is 5.37. The quantitative estimate of drug-likeness (QED) is 0.784. The second kappa shape index (κ2) is 6.39. The number of aryl methyl sites for hydroxylation is 1. The summed E-state index contributed by atoms with van der Waals surface area (Å²) in [6.07, 6.45) is 0. The summed E-state index contributed by atoms with van der Waals surface area (Å²) in [6.45, 7) is 6.57. The Hall–Kier alpha value is -2.36. The van der Waals surface area contributed by atoms with E-state index < -0.39 is 0 Å². The van der Waals surface area contributed by atoms with Crippen LogP contribution in [0.5, 0.6) is 17.2 Å². The van der Waals surface area contributed by atoms with E-state index in [4.69, 9.17) is 4.74 Å². The molecule has 21 heavy (non-hydrogen) atoms. The number of benzene rings is 2. The summed E-state index contributed by atoms with van der Waals surface area (Å²) in [4.78, 5) is 0. The maximum Gasteiger partial charge on any atom is 0.162 e. The third-order valence-corrected chi connectivity index (χ3v) is 3.48. The molecule has 0 unspecified atom stereocenters. The summed E-state index contributed by atoms with van der Waals surface area (Å²) in [7, 11) is 0. The lowest BCUT2D eigenvalue weighted by atomic mass is 10.1. The van der Waals surface area contributed by atoms with Crippen LogP contribution in [-0.4, -0.2) is 16.8 Å². The molecule has 0 atom stereocenters. The second-order valence-corrected chi connectivity index (χ2v) is 4.95. The molecule has 3 N–H and O–H groups in total. The standard InChI is InChI=1S/C17H21NO3/c1-4-21-15-7-5-6-13(17(15)20)10-18-14-9-8-11(2)16(19)12(14)3/h5-9,18-20H,4,10H2,1-3H3. The SMILES string of the molecule is CCOc1cccc(CNc2ccc(C)c(O)c2C)c1O. The van der Waals surface area contributed by atoms with Crippen molar-refractivity contribution < 1.29 is 14.9 Å². The number of ether oxygens (including phenoxy) is 1. The van der Waals surface area contributed by atoms with E-state index in [0.29, 0.717) is 24.7 Å². The van der Waals surface area contributed by atoms with Gasteiger partial charge in [-0.1, -0.05) is 18.2 Å². The molecule has 0 radical (unpaired) electrons. The van der Waals surface area contributed by atoms with Gasteiger partial charge in [-0.2, -0.15) is 0 Å². The first kappa shape index (κ1) is 15.0. The molecule has 0 aliphatic rings. The molecule has 0 heterocycles. The fraction of sp³-hybridized carbons (Fsp3) is 0.294. The summed E-state index contributed by atoms with van der Waals surface area (Å²) in [5, 5.41) is 23.3. The number of rotatable bonds is 5. The Morgan fingerprint density at radius 3 is 2.52 bits per heavy atom. The number of phenols is 2. The molecule has 0 saturated carbocycles. The van der Waals surface area contributed by atoms with Gasteiger partial charge in [0.05, 0.1) is 6.61 Å². The van der Waals surface area contributed by atoms with Crippen molar-refractivity contribution >= 4 is 5.69 Å². The van der Waals surface area contributed by atoms with Crippen LogP contribution in [0.25, 0.3) is 0 Å². The van der Waals surface area contributed by atoms with E-state index in [9.17, 15) is 10.2 Å². The minimum Gasteiger partial charge on any atom is -0.507 e. The van der Waals surface area contributed by atoms with Crippen molar-refractivity contribution in [3.63, 3.8) is 0 Å². The van der Waals surface area contributed by atoms with E-state index in [-0.39, 0.29) is 5.75 Å². The van der Waals surface area contributed by atoms with Gasteiger partial charge in [-0.05, 0) is 38.5 Å². The van der Waals surface area contributed by atoms with E-state index in [1.54, 1.807) is 6.07 Å². The first-order chi connectivity index (χ1) is 10.0. The number of hydrogen-bond donors (Lipinski definition) is 3. The van der Waals surface area contributed by atoms with Gasteiger partial charge in [0.1, 0.15) is 5.75 Å². The van der Waals surface area contributed by atoms with Crippen molar-refractivity contribution in [3.05, 3.63) is 47.0 Å². The molecule has 0 aromatic heterocycles. The highest BCUT2D eigenvalue weighted by atomic mass is 16.5. The van der Waals surface area contributed by atoms with Crippen molar-refractivity contribution in [2.45, 2.75) is 27.3 Å². The number of hydrogen-bond acceptors (Lipinski definition) is 4. The van der Waals surface area contributed by atoms with Crippen LogP contribution >= 0.6 is 0 Å². The van der Waals surface area contributed by atoms with Gasteiger partial charge >= 0.3 is 0 Å². The van der Waals surface area contributed by atoms with Crippen LogP contribution in [0.1, 0.15) is 23.6 Å². The third-order valence-electron chi connectivity index (χ3n) is 3.48. The van der Waals surface area contributed by atoms with E-state index >= 15 is 0 Å². The topological polar surface area (TPSA) is 61.7 Å². The van der Waals surface area contributed by atoms with Crippen molar-refractivity contribution in [1.82, 2.24) is 0 Å². The fourth-order valence-corrected chi connectivity index (χ4v) is 2.20. The van der Waals surface area contributed by atoms with Crippen molar-refractivity contribution in [1.29, 1.82) is 0 Å². The Labute approximate surface area is 125 Å². The zero-order chi connectivity index (χ0) is 15.4. The molecule has 0 spiro atoms. The smallest absolute Gasteiger partial charge is 0.162 e. The van der Waals surface area contributed by atoms with Crippen molar-refractivity contribution in [3.8, 4) is 17.2 Å². The third kappa shape index (κ3) is 3.21. The van der Waals surface area contributed by atoms with Crippen LogP contribution in [0.4, 0.5) is 5.69 Å². The summed E-state index contributed by atoms with van der Waals surface area (Å²) in [6, 6.07) is 9.22. The number of aromatic hydroxyl groups is 2. The molecule has 0 aliphatic carbocycles. The normalized spacial score (nSPS) is 10.4. The maximum absolute atomic E-state index is 10.2. The van der Waals surface area contributed by atoms with Crippen molar-refractivity contribution in [2.24, 2.45) is 0 Å². The largest absolute Gasteiger partial charge is 0.507 e. The Bertz CT molecular complexity index is 638. The predicted octanol–water partition coefficient (Wildman–Crippen LogP) is 3.73. The molecule has 2 aromatic rings. The van der Waals surface area contributed by atoms with Crippen LogP contribution in [0, 0.1) is 13.8 Å². The molecule has 0 amide bonds. The molecule has 0 aliphatic heterocycles. The predicted molar refractivity (Wildman–Crippen MR) is 84.2 cm³/mol. The molecule has 0 saturated heterocycles. The van der Waals surface area contributed by atoms with Gasteiger partial charge in [-0.3, -0.25) is 0 Å². The summed E-state index contributed by atoms with van der Waals surface area (Å²) in [5.41, 5.74) is 3.24. The summed E-state index contributed by atoms with van der Waals surface area (Å²) >= 11 is 0. The molecule has 4 nitrogen and oxygen atoms in total. The minimum absolute atomic E-state index is 0.154. The number of para-hydroxylation sites is 1. The zero-order valence-corrected chi connectivity index (χ0v) is 12.6. The summed E-state index contributed by atoms with van der Waals surface area (Å²) in [5.74, 6) is 0.938. The first-order valence-corrected chi connectivity index (χ1v) is 7.01. The lowest BCUT2D eigenvalue weighted by Gasteiger charge is -2.14. The average Bonchev–Trinajstić information content (AvgIpc) is 2.48. The molecule has 2 aromatic carbocycles. The molecule has 4 heteroatoms. The van der Waals surface area contributed by atoms with Gasteiger partial charge in [0, 0.05) is 23.4 Å². The lowest BCUT2D eigenvalue weighted by molar-refractivity contribution is 0.317. The Morgan fingerprint density at radius 2 is 1.81 bits per heavy atom. The van der Waals surface area contributed by atoms with E-state index in [0.717, 1.165) is 22.4 Å². The Balaban J connectivity index is 2.17. The van der Waals surface area contributed by atoms with E-state index in [1.807, 2.05) is 45.0 Å². The Kier molecular flexibility index (Phi) is 4.58. The molecule has 112 valence electrons. The van der Waals surface area contributed by atoms with Gasteiger partial charge in [0.15, 0.2) is 11.5 Å². The van der Waals surface area contributed by atoms with Gasteiger partial charge in [-0.15, -0.1) is 0 Å². The van der Waals surface area contributed by atoms with E-state index in [2.05, 4.69) is 5.32 Å². The van der Waals surface area contributed by atoms with E-state index in [1.165, 1.54) is 0 Å². The molecule has 0 bridgehead atoms. The number of phenolic OH excluding ortho intramolecular Hbond substituents is 2. The Morgan fingerprint density at radius 1 is 1.05 bits per heavy atom. The van der Waals surface area contributed by atoms with Gasteiger partial charge < -0.3 is 20.3 Å².